The Kier molecular flexibility index (Phi) is 6.33. The van der Waals surface area contributed by atoms with Crippen molar-refractivity contribution in [3.8, 4) is 0 Å². The first-order valence-corrected chi connectivity index (χ1v) is 11.4. The SMILES string of the molecule is CC(=O)OC1=CC(CCO[Si](C)(C)C)C(I)=C1I. The van der Waals surface area contributed by atoms with E-state index in [1.165, 1.54) is 10.5 Å². The van der Waals surface area contributed by atoms with Crippen LogP contribution in [0.2, 0.25) is 19.6 Å². The van der Waals surface area contributed by atoms with Crippen LogP contribution >= 0.6 is 45.2 Å². The zero-order chi connectivity index (χ0) is 13.9. The van der Waals surface area contributed by atoms with E-state index < -0.39 is 8.32 Å². The van der Waals surface area contributed by atoms with E-state index in [4.69, 9.17) is 9.16 Å². The molecule has 0 fully saturated rings. The Morgan fingerprint density at radius 1 is 1.39 bits per heavy atom. The van der Waals surface area contributed by atoms with E-state index in [2.05, 4.69) is 64.8 Å². The Balaban J connectivity index is 2.58. The van der Waals surface area contributed by atoms with Crippen molar-refractivity contribution in [2.75, 3.05) is 6.61 Å². The highest BCUT2D eigenvalue weighted by molar-refractivity contribution is 14.1. The van der Waals surface area contributed by atoms with Crippen LogP contribution in [0.15, 0.2) is 19.0 Å². The maximum Gasteiger partial charge on any atom is 0.308 e. The third kappa shape index (κ3) is 5.30. The molecular weight excluding hydrogens is 474 g/mol. The van der Waals surface area contributed by atoms with Gasteiger partial charge in [0.05, 0.1) is 3.58 Å². The third-order valence-corrected chi connectivity index (χ3v) is 6.88. The van der Waals surface area contributed by atoms with E-state index >= 15 is 0 Å². The van der Waals surface area contributed by atoms with Crippen molar-refractivity contribution in [3.63, 3.8) is 0 Å². The highest BCUT2D eigenvalue weighted by Gasteiger charge is 2.26. The summed E-state index contributed by atoms with van der Waals surface area (Å²) in [6, 6.07) is 0. The zero-order valence-corrected chi connectivity index (χ0v) is 16.4. The number of carbonyl (C=O) groups is 1. The van der Waals surface area contributed by atoms with Gasteiger partial charge in [0, 0.05) is 23.0 Å². The molecule has 0 bridgehead atoms. The molecule has 1 aliphatic carbocycles. The summed E-state index contributed by atoms with van der Waals surface area (Å²) < 4.78 is 13.3. The number of ether oxygens (including phenoxy) is 1. The Morgan fingerprint density at radius 3 is 2.50 bits per heavy atom. The molecule has 6 heteroatoms. The smallest absolute Gasteiger partial charge is 0.308 e. The van der Waals surface area contributed by atoms with Gasteiger partial charge in [-0.3, -0.25) is 4.79 Å². The Morgan fingerprint density at radius 2 is 2.00 bits per heavy atom. The lowest BCUT2D eigenvalue weighted by Crippen LogP contribution is -2.26. The van der Waals surface area contributed by atoms with E-state index in [9.17, 15) is 4.79 Å². The lowest BCUT2D eigenvalue weighted by Gasteiger charge is -2.18. The van der Waals surface area contributed by atoms with Crippen LogP contribution in [0.25, 0.3) is 0 Å². The van der Waals surface area contributed by atoms with E-state index in [0.29, 0.717) is 11.7 Å². The number of hydrogen-bond donors (Lipinski definition) is 0. The number of esters is 1. The Bertz CT molecular complexity index is 397. The maximum absolute atomic E-state index is 11.0. The first kappa shape index (κ1) is 16.6. The van der Waals surface area contributed by atoms with Crippen molar-refractivity contribution in [3.05, 3.63) is 19.0 Å². The highest BCUT2D eigenvalue weighted by Crippen LogP contribution is 2.41. The van der Waals surface area contributed by atoms with Crippen LogP contribution in [0, 0.1) is 5.92 Å². The molecule has 18 heavy (non-hydrogen) atoms. The summed E-state index contributed by atoms with van der Waals surface area (Å²) in [6.45, 7) is 8.75. The standard InChI is InChI=1S/C12H18I2O3Si/c1-8(15)17-10-7-9(11(13)12(10)14)5-6-16-18(2,3)4/h7,9H,5-6H2,1-4H3. The van der Waals surface area contributed by atoms with Crippen LogP contribution in [0.1, 0.15) is 13.3 Å². The number of rotatable bonds is 5. The molecule has 0 aliphatic heterocycles. The summed E-state index contributed by atoms with van der Waals surface area (Å²) in [5.41, 5.74) is 0. The van der Waals surface area contributed by atoms with Crippen molar-refractivity contribution in [2.45, 2.75) is 33.0 Å². The minimum atomic E-state index is -1.44. The second-order valence-corrected chi connectivity index (χ2v) is 11.9. The summed E-state index contributed by atoms with van der Waals surface area (Å²) in [5, 5.41) is 0. The lowest BCUT2D eigenvalue weighted by atomic mass is 10.1. The Hall–Kier alpha value is 0.587. The summed E-state index contributed by atoms with van der Waals surface area (Å²) >= 11 is 4.56. The largest absolute Gasteiger partial charge is 0.426 e. The predicted octanol–water partition coefficient (Wildman–Crippen LogP) is 4.39. The van der Waals surface area contributed by atoms with E-state index in [-0.39, 0.29) is 5.97 Å². The van der Waals surface area contributed by atoms with E-state index in [1.807, 2.05) is 6.08 Å². The van der Waals surface area contributed by atoms with Crippen molar-refractivity contribution >= 4 is 59.5 Å². The van der Waals surface area contributed by atoms with Gasteiger partial charge in [0.1, 0.15) is 5.76 Å². The first-order valence-electron chi connectivity index (χ1n) is 5.80. The van der Waals surface area contributed by atoms with Gasteiger partial charge in [-0.05, 0) is 77.3 Å². The molecule has 1 unspecified atom stereocenters. The predicted molar refractivity (Wildman–Crippen MR) is 92.3 cm³/mol. The van der Waals surface area contributed by atoms with E-state index in [1.54, 1.807) is 0 Å². The summed E-state index contributed by atoms with van der Waals surface area (Å²) in [5.74, 6) is 0.757. The van der Waals surface area contributed by atoms with Crippen LogP contribution in [0.4, 0.5) is 0 Å². The van der Waals surface area contributed by atoms with Crippen LogP contribution in [-0.4, -0.2) is 20.9 Å². The van der Waals surface area contributed by atoms with Crippen molar-refractivity contribution < 1.29 is 14.0 Å². The molecule has 0 spiro atoms. The quantitative estimate of drug-likeness (QED) is 0.325. The second-order valence-electron chi connectivity index (χ2n) is 5.14. The molecule has 0 N–H and O–H groups in total. The van der Waals surface area contributed by atoms with Gasteiger partial charge in [0.25, 0.3) is 0 Å². The Labute approximate surface area is 137 Å². The molecular formula is C12H18I2O3Si. The number of carbonyl (C=O) groups excluding carboxylic acids is 1. The molecule has 102 valence electrons. The molecule has 0 saturated carbocycles. The molecule has 3 nitrogen and oxygen atoms in total. The minimum absolute atomic E-state index is 0.265. The third-order valence-electron chi connectivity index (χ3n) is 2.32. The maximum atomic E-state index is 11.0. The molecule has 0 radical (unpaired) electrons. The van der Waals surface area contributed by atoms with Crippen LogP contribution in [-0.2, 0) is 14.0 Å². The van der Waals surface area contributed by atoms with Gasteiger partial charge >= 0.3 is 5.97 Å². The molecule has 0 amide bonds. The first-order chi connectivity index (χ1) is 8.20. The van der Waals surface area contributed by atoms with Crippen LogP contribution in [0.3, 0.4) is 0 Å². The summed E-state index contributed by atoms with van der Waals surface area (Å²) in [6.07, 6.45) is 2.97. The van der Waals surface area contributed by atoms with Gasteiger partial charge in [-0.2, -0.15) is 0 Å². The summed E-state index contributed by atoms with van der Waals surface area (Å²) in [4.78, 5) is 11.0. The van der Waals surface area contributed by atoms with Crippen molar-refractivity contribution in [1.29, 1.82) is 0 Å². The number of allylic oxidation sites excluding steroid dienone is 3. The fourth-order valence-electron chi connectivity index (χ4n) is 1.55. The monoisotopic (exact) mass is 492 g/mol. The lowest BCUT2D eigenvalue weighted by molar-refractivity contribution is -0.136. The molecule has 0 saturated heterocycles. The van der Waals surface area contributed by atoms with Gasteiger partial charge in [-0.1, -0.05) is 0 Å². The summed E-state index contributed by atoms with van der Waals surface area (Å²) in [7, 11) is -1.44. The fraction of sp³-hybridized carbons (Fsp3) is 0.583. The zero-order valence-electron chi connectivity index (χ0n) is 11.0. The molecule has 1 aliphatic rings. The van der Waals surface area contributed by atoms with Gasteiger partial charge in [0.2, 0.25) is 0 Å². The minimum Gasteiger partial charge on any atom is -0.426 e. The average molecular weight is 492 g/mol. The topological polar surface area (TPSA) is 35.5 Å². The molecule has 1 rings (SSSR count). The molecule has 0 aromatic heterocycles. The van der Waals surface area contributed by atoms with Crippen LogP contribution in [0.5, 0.6) is 0 Å². The molecule has 0 heterocycles. The fourth-order valence-corrected chi connectivity index (χ4v) is 3.72. The average Bonchev–Trinajstić information content (AvgIpc) is 2.44. The number of hydrogen-bond acceptors (Lipinski definition) is 3. The molecule has 0 aromatic carbocycles. The molecule has 0 aromatic rings. The van der Waals surface area contributed by atoms with Gasteiger partial charge < -0.3 is 9.16 Å². The normalized spacial score (nSPS) is 20.1. The second kappa shape index (κ2) is 6.85. The van der Waals surface area contributed by atoms with Gasteiger partial charge in [-0.15, -0.1) is 0 Å². The van der Waals surface area contributed by atoms with Crippen LogP contribution < -0.4 is 0 Å². The van der Waals surface area contributed by atoms with Crippen molar-refractivity contribution in [1.82, 2.24) is 0 Å². The molecule has 1 atom stereocenters. The number of halogens is 2. The highest BCUT2D eigenvalue weighted by atomic mass is 127. The van der Waals surface area contributed by atoms with Crippen molar-refractivity contribution in [2.24, 2.45) is 5.92 Å². The van der Waals surface area contributed by atoms with Gasteiger partial charge in [-0.25, -0.2) is 0 Å². The van der Waals surface area contributed by atoms with E-state index in [0.717, 1.165) is 16.6 Å². The van der Waals surface area contributed by atoms with Gasteiger partial charge in [0.15, 0.2) is 8.32 Å².